The highest BCUT2D eigenvalue weighted by atomic mass is 15.2. The highest BCUT2D eigenvalue weighted by Gasteiger charge is 2.14. The van der Waals surface area contributed by atoms with Crippen molar-refractivity contribution >= 4 is 28.5 Å². The largest absolute Gasteiger partial charge is 0.354 e. The third-order valence-corrected chi connectivity index (χ3v) is 3.28. The summed E-state index contributed by atoms with van der Waals surface area (Å²) in [6.07, 6.45) is 2.78. The fourth-order valence-electron chi connectivity index (χ4n) is 2.17. The maximum absolute atomic E-state index is 4.63. The van der Waals surface area contributed by atoms with E-state index in [4.69, 9.17) is 0 Å². The Morgan fingerprint density at radius 1 is 1.19 bits per heavy atom. The van der Waals surface area contributed by atoms with E-state index >= 15 is 0 Å². The summed E-state index contributed by atoms with van der Waals surface area (Å²) >= 11 is 0. The third-order valence-electron chi connectivity index (χ3n) is 3.28. The van der Waals surface area contributed by atoms with E-state index in [2.05, 4.69) is 32.4 Å². The minimum Gasteiger partial charge on any atom is -0.354 e. The zero-order valence-corrected chi connectivity index (χ0v) is 12.2. The molecule has 3 aromatic rings. The Kier molecular flexibility index (Phi) is 3.68. The van der Waals surface area contributed by atoms with Gasteiger partial charge in [0, 0.05) is 19.3 Å². The van der Waals surface area contributed by atoms with Crippen LogP contribution in [0.25, 0.3) is 11.0 Å². The Labute approximate surface area is 123 Å². The molecule has 3 rings (SSSR count). The van der Waals surface area contributed by atoms with E-state index in [9.17, 15) is 0 Å². The Balaban J connectivity index is 2.05. The molecule has 21 heavy (non-hydrogen) atoms. The summed E-state index contributed by atoms with van der Waals surface area (Å²) in [6.45, 7) is 2.95. The maximum Gasteiger partial charge on any atom is 0.226 e. The highest BCUT2D eigenvalue weighted by Crippen LogP contribution is 2.28. The average molecular weight is 282 g/mol. The number of rotatable bonds is 5. The molecular weight excluding hydrogens is 264 g/mol. The topological polar surface area (TPSA) is 69.7 Å². The fourth-order valence-corrected chi connectivity index (χ4v) is 2.17. The molecule has 0 saturated heterocycles. The monoisotopic (exact) mass is 282 g/mol. The number of hydrogen-bond acceptors (Lipinski definition) is 5. The van der Waals surface area contributed by atoms with Crippen molar-refractivity contribution < 1.29 is 0 Å². The van der Waals surface area contributed by atoms with Crippen molar-refractivity contribution in [1.82, 2.24) is 20.2 Å². The zero-order chi connectivity index (χ0) is 14.7. The first-order valence-corrected chi connectivity index (χ1v) is 7.03. The van der Waals surface area contributed by atoms with Gasteiger partial charge < -0.3 is 10.2 Å². The van der Waals surface area contributed by atoms with Crippen LogP contribution >= 0.6 is 0 Å². The summed E-state index contributed by atoms with van der Waals surface area (Å²) < 4.78 is 0. The van der Waals surface area contributed by atoms with Crippen LogP contribution in [0.15, 0.2) is 36.5 Å². The van der Waals surface area contributed by atoms with Crippen LogP contribution < -0.4 is 10.2 Å². The molecule has 0 aliphatic rings. The molecule has 6 heteroatoms. The van der Waals surface area contributed by atoms with Crippen molar-refractivity contribution in [1.29, 1.82) is 0 Å². The van der Waals surface area contributed by atoms with Crippen LogP contribution in [-0.4, -0.2) is 33.8 Å². The van der Waals surface area contributed by atoms with Gasteiger partial charge in [-0.2, -0.15) is 15.1 Å². The minimum absolute atomic E-state index is 0.617. The predicted molar refractivity (Wildman–Crippen MR) is 85.0 cm³/mol. The van der Waals surface area contributed by atoms with Crippen molar-refractivity contribution in [3.05, 3.63) is 36.5 Å². The van der Waals surface area contributed by atoms with Crippen LogP contribution in [0.4, 0.5) is 17.5 Å². The number of H-pyrrole nitrogens is 1. The number of anilines is 3. The van der Waals surface area contributed by atoms with Crippen LogP contribution in [0.5, 0.6) is 0 Å². The Morgan fingerprint density at radius 3 is 2.76 bits per heavy atom. The van der Waals surface area contributed by atoms with Gasteiger partial charge in [0.2, 0.25) is 5.95 Å². The van der Waals surface area contributed by atoms with Crippen molar-refractivity contribution in [2.24, 2.45) is 0 Å². The molecule has 0 spiro atoms. The molecule has 0 fully saturated rings. The molecule has 0 aliphatic carbocycles. The van der Waals surface area contributed by atoms with Gasteiger partial charge in [-0.05, 0) is 18.6 Å². The van der Waals surface area contributed by atoms with Gasteiger partial charge in [0.1, 0.15) is 5.82 Å². The molecule has 0 bridgehead atoms. The lowest BCUT2D eigenvalue weighted by molar-refractivity contribution is 0.952. The van der Waals surface area contributed by atoms with Gasteiger partial charge in [-0.3, -0.25) is 5.10 Å². The quantitative estimate of drug-likeness (QED) is 0.753. The number of aromatic nitrogens is 4. The van der Waals surface area contributed by atoms with Gasteiger partial charge in [0.25, 0.3) is 0 Å². The summed E-state index contributed by atoms with van der Waals surface area (Å²) in [4.78, 5) is 11.1. The first kappa shape index (κ1) is 13.4. The molecule has 0 aliphatic heterocycles. The van der Waals surface area contributed by atoms with E-state index in [1.165, 1.54) is 0 Å². The van der Waals surface area contributed by atoms with E-state index in [0.717, 1.165) is 35.5 Å². The number of hydrogen-bond donors (Lipinski definition) is 2. The molecule has 2 aromatic heterocycles. The number of nitrogens with zero attached hydrogens (tertiary/aromatic N) is 4. The minimum atomic E-state index is 0.617. The molecule has 6 nitrogen and oxygen atoms in total. The second kappa shape index (κ2) is 5.78. The zero-order valence-electron chi connectivity index (χ0n) is 12.2. The predicted octanol–water partition coefficient (Wildman–Crippen LogP) is 2.94. The Bertz CT molecular complexity index is 721. The van der Waals surface area contributed by atoms with Crippen LogP contribution in [0, 0.1) is 0 Å². The van der Waals surface area contributed by atoms with Crippen LogP contribution in [0.3, 0.4) is 0 Å². The second-order valence-electron chi connectivity index (χ2n) is 4.82. The molecule has 0 amide bonds. The van der Waals surface area contributed by atoms with Gasteiger partial charge in [0.05, 0.1) is 11.6 Å². The van der Waals surface area contributed by atoms with E-state index in [-0.39, 0.29) is 0 Å². The molecule has 0 unspecified atom stereocenters. The molecule has 0 saturated carbocycles. The molecule has 1 aromatic carbocycles. The Morgan fingerprint density at radius 2 is 2.00 bits per heavy atom. The molecule has 0 atom stereocenters. The standard InChI is InChI=1S/C15H18N6/c1-3-9-16-15-18-13-12(10-17-20-13)14(19-15)21(2)11-7-5-4-6-8-11/h4-8,10H,3,9H2,1-2H3,(H2,16,17,18,19,20). The van der Waals surface area contributed by atoms with E-state index in [0.29, 0.717) is 5.95 Å². The molecular formula is C15H18N6. The van der Waals surface area contributed by atoms with Crippen molar-refractivity contribution in [2.45, 2.75) is 13.3 Å². The van der Waals surface area contributed by atoms with Crippen LogP contribution in [0.1, 0.15) is 13.3 Å². The summed E-state index contributed by atoms with van der Waals surface area (Å²) in [5.74, 6) is 1.45. The Hall–Kier alpha value is -2.63. The van der Waals surface area contributed by atoms with Gasteiger partial charge in [-0.15, -0.1) is 0 Å². The first-order chi connectivity index (χ1) is 10.3. The number of nitrogens with one attached hydrogen (secondary N) is 2. The van der Waals surface area contributed by atoms with Crippen molar-refractivity contribution in [3.63, 3.8) is 0 Å². The average Bonchev–Trinajstić information content (AvgIpc) is 3.00. The summed E-state index contributed by atoms with van der Waals surface area (Å²) in [5.41, 5.74) is 1.81. The fraction of sp³-hybridized carbons (Fsp3) is 0.267. The van der Waals surface area contributed by atoms with Crippen molar-refractivity contribution in [3.8, 4) is 0 Å². The van der Waals surface area contributed by atoms with Crippen molar-refractivity contribution in [2.75, 3.05) is 23.8 Å². The van der Waals surface area contributed by atoms with Gasteiger partial charge in [-0.1, -0.05) is 25.1 Å². The van der Waals surface area contributed by atoms with E-state index in [1.807, 2.05) is 42.3 Å². The molecule has 2 heterocycles. The SMILES string of the molecule is CCCNc1nc(N(C)c2ccccc2)c2cn[nH]c2n1. The summed E-state index contributed by atoms with van der Waals surface area (Å²) in [5, 5.41) is 11.1. The van der Waals surface area contributed by atoms with Gasteiger partial charge in [0.15, 0.2) is 5.65 Å². The molecule has 2 N–H and O–H groups in total. The maximum atomic E-state index is 4.63. The lowest BCUT2D eigenvalue weighted by Gasteiger charge is -2.19. The normalized spacial score (nSPS) is 10.8. The van der Waals surface area contributed by atoms with E-state index < -0.39 is 0 Å². The lowest BCUT2D eigenvalue weighted by Crippen LogP contribution is -2.14. The first-order valence-electron chi connectivity index (χ1n) is 7.03. The number of benzene rings is 1. The molecule has 108 valence electrons. The second-order valence-corrected chi connectivity index (χ2v) is 4.82. The van der Waals surface area contributed by atoms with Gasteiger partial charge in [-0.25, -0.2) is 0 Å². The third kappa shape index (κ3) is 2.65. The number of aromatic amines is 1. The highest BCUT2D eigenvalue weighted by molar-refractivity contribution is 5.89. The summed E-state index contributed by atoms with van der Waals surface area (Å²) in [7, 11) is 1.99. The van der Waals surface area contributed by atoms with Gasteiger partial charge >= 0.3 is 0 Å². The number of para-hydroxylation sites is 1. The number of fused-ring (bicyclic) bond motifs is 1. The summed E-state index contributed by atoms with van der Waals surface area (Å²) in [6, 6.07) is 10.1. The van der Waals surface area contributed by atoms with E-state index in [1.54, 1.807) is 6.20 Å². The molecule has 0 radical (unpaired) electrons. The smallest absolute Gasteiger partial charge is 0.226 e. The van der Waals surface area contributed by atoms with Crippen LogP contribution in [-0.2, 0) is 0 Å². The lowest BCUT2D eigenvalue weighted by atomic mass is 10.3. The van der Waals surface area contributed by atoms with Crippen LogP contribution in [0.2, 0.25) is 0 Å².